The van der Waals surface area contributed by atoms with E-state index in [1.54, 1.807) is 13.0 Å². The number of halogens is 1. The Morgan fingerprint density at radius 3 is 2.69 bits per heavy atom. The zero-order chi connectivity index (χ0) is 9.84. The highest BCUT2D eigenvalue weighted by Gasteiger charge is 2.06. The summed E-state index contributed by atoms with van der Waals surface area (Å²) in [7, 11) is 1.90. The Morgan fingerprint density at radius 1 is 1.46 bits per heavy atom. The first-order valence-electron chi connectivity index (χ1n) is 4.55. The number of rotatable bonds is 3. The molecule has 0 radical (unpaired) electrons. The third kappa shape index (κ3) is 2.52. The van der Waals surface area contributed by atoms with Crippen LogP contribution in [0.4, 0.5) is 4.39 Å². The molecule has 0 fully saturated rings. The van der Waals surface area contributed by atoms with Gasteiger partial charge in [0.1, 0.15) is 5.82 Å². The summed E-state index contributed by atoms with van der Waals surface area (Å²) >= 11 is 0. The Morgan fingerprint density at radius 2 is 2.15 bits per heavy atom. The third-order valence-electron chi connectivity index (χ3n) is 2.28. The molecule has 0 aliphatic carbocycles. The number of likely N-dealkylation sites (N-methyl/N-ethyl adjacent to an activating group) is 1. The van der Waals surface area contributed by atoms with Gasteiger partial charge in [0.2, 0.25) is 0 Å². The Labute approximate surface area is 79.0 Å². The summed E-state index contributed by atoms with van der Waals surface area (Å²) in [6.07, 6.45) is 0. The molecule has 0 saturated carbocycles. The largest absolute Gasteiger partial charge is 0.319 e. The van der Waals surface area contributed by atoms with Gasteiger partial charge in [0.15, 0.2) is 0 Å². The maximum absolute atomic E-state index is 13.2. The normalized spacial score (nSPS) is 12.9. The summed E-state index contributed by atoms with van der Waals surface area (Å²) in [6.45, 7) is 4.74. The zero-order valence-corrected chi connectivity index (χ0v) is 8.39. The first-order valence-corrected chi connectivity index (χ1v) is 4.55. The lowest BCUT2D eigenvalue weighted by atomic mass is 10.00. The van der Waals surface area contributed by atoms with E-state index < -0.39 is 0 Å². The van der Waals surface area contributed by atoms with Crippen molar-refractivity contribution >= 4 is 0 Å². The van der Waals surface area contributed by atoms with Crippen molar-refractivity contribution < 1.29 is 4.39 Å². The lowest BCUT2D eigenvalue weighted by Crippen LogP contribution is -2.14. The van der Waals surface area contributed by atoms with Crippen molar-refractivity contribution in [1.29, 1.82) is 0 Å². The highest BCUT2D eigenvalue weighted by atomic mass is 19.1. The van der Waals surface area contributed by atoms with Gasteiger partial charge in [0.25, 0.3) is 0 Å². The van der Waals surface area contributed by atoms with E-state index in [9.17, 15) is 4.39 Å². The van der Waals surface area contributed by atoms with Crippen molar-refractivity contribution in [3.05, 3.63) is 35.1 Å². The molecule has 1 rings (SSSR count). The van der Waals surface area contributed by atoms with Crippen molar-refractivity contribution in [3.63, 3.8) is 0 Å². The molecule has 1 unspecified atom stereocenters. The van der Waals surface area contributed by atoms with Gasteiger partial charge in [-0.2, -0.15) is 0 Å². The number of hydrogen-bond donors (Lipinski definition) is 1. The minimum atomic E-state index is -0.111. The highest BCUT2D eigenvalue weighted by molar-refractivity contribution is 5.25. The lowest BCUT2D eigenvalue weighted by Gasteiger charge is -2.11. The fourth-order valence-electron chi connectivity index (χ4n) is 1.34. The van der Waals surface area contributed by atoms with Gasteiger partial charge < -0.3 is 5.32 Å². The maximum atomic E-state index is 13.2. The van der Waals surface area contributed by atoms with Gasteiger partial charge in [-0.25, -0.2) is 4.39 Å². The van der Waals surface area contributed by atoms with Crippen LogP contribution in [-0.4, -0.2) is 13.6 Å². The summed E-state index contributed by atoms with van der Waals surface area (Å²) in [5, 5.41) is 3.08. The number of hydrogen-bond acceptors (Lipinski definition) is 1. The predicted octanol–water partition coefficient (Wildman–Crippen LogP) is 2.46. The van der Waals surface area contributed by atoms with Crippen LogP contribution in [0, 0.1) is 12.7 Å². The lowest BCUT2D eigenvalue weighted by molar-refractivity contribution is 0.608. The van der Waals surface area contributed by atoms with E-state index >= 15 is 0 Å². The molecule has 1 atom stereocenters. The molecular weight excluding hydrogens is 165 g/mol. The minimum Gasteiger partial charge on any atom is -0.319 e. The molecule has 0 aromatic heterocycles. The van der Waals surface area contributed by atoms with Gasteiger partial charge in [-0.1, -0.05) is 19.1 Å². The molecule has 0 spiro atoms. The first kappa shape index (κ1) is 10.2. The van der Waals surface area contributed by atoms with E-state index in [2.05, 4.69) is 12.2 Å². The molecule has 72 valence electrons. The van der Waals surface area contributed by atoms with E-state index in [0.717, 1.165) is 12.1 Å². The molecular formula is C11H16FN. The minimum absolute atomic E-state index is 0.111. The molecule has 1 N–H and O–H groups in total. The third-order valence-corrected chi connectivity index (χ3v) is 2.28. The Balaban J connectivity index is 2.84. The Bertz CT molecular complexity index is 283. The van der Waals surface area contributed by atoms with Crippen LogP contribution in [0.3, 0.4) is 0 Å². The van der Waals surface area contributed by atoms with Gasteiger partial charge in [-0.3, -0.25) is 0 Å². The van der Waals surface area contributed by atoms with E-state index in [1.165, 1.54) is 0 Å². The van der Waals surface area contributed by atoms with Crippen molar-refractivity contribution in [2.24, 2.45) is 0 Å². The van der Waals surface area contributed by atoms with Crippen LogP contribution in [0.25, 0.3) is 0 Å². The summed E-state index contributed by atoms with van der Waals surface area (Å²) in [5.74, 6) is 0.251. The van der Waals surface area contributed by atoms with E-state index in [1.807, 2.05) is 19.2 Å². The van der Waals surface area contributed by atoms with Crippen molar-refractivity contribution in [2.45, 2.75) is 19.8 Å². The van der Waals surface area contributed by atoms with Crippen molar-refractivity contribution in [3.8, 4) is 0 Å². The van der Waals surface area contributed by atoms with Crippen molar-refractivity contribution in [1.82, 2.24) is 5.32 Å². The molecule has 0 heterocycles. The van der Waals surface area contributed by atoms with Crippen LogP contribution >= 0.6 is 0 Å². The van der Waals surface area contributed by atoms with E-state index in [-0.39, 0.29) is 5.82 Å². The predicted molar refractivity (Wildman–Crippen MR) is 53.5 cm³/mol. The van der Waals surface area contributed by atoms with Crippen LogP contribution in [0.2, 0.25) is 0 Å². The van der Waals surface area contributed by atoms with Crippen LogP contribution < -0.4 is 5.32 Å². The second-order valence-electron chi connectivity index (χ2n) is 3.47. The summed E-state index contributed by atoms with van der Waals surface area (Å²) in [5.41, 5.74) is 1.76. The number of aryl methyl sites for hydroxylation is 1. The second kappa shape index (κ2) is 4.38. The smallest absolute Gasteiger partial charge is 0.126 e. The summed E-state index contributed by atoms with van der Waals surface area (Å²) < 4.78 is 13.2. The molecule has 1 nitrogen and oxygen atoms in total. The highest BCUT2D eigenvalue weighted by Crippen LogP contribution is 2.17. The number of benzene rings is 1. The van der Waals surface area contributed by atoms with Gasteiger partial charge in [-0.15, -0.1) is 0 Å². The van der Waals surface area contributed by atoms with E-state index in [0.29, 0.717) is 11.5 Å². The zero-order valence-electron chi connectivity index (χ0n) is 8.39. The van der Waals surface area contributed by atoms with Gasteiger partial charge in [0.05, 0.1) is 0 Å². The van der Waals surface area contributed by atoms with E-state index in [4.69, 9.17) is 0 Å². The second-order valence-corrected chi connectivity index (χ2v) is 3.47. The average molecular weight is 181 g/mol. The monoisotopic (exact) mass is 181 g/mol. The average Bonchev–Trinajstić information content (AvgIpc) is 2.10. The SMILES string of the molecule is CNCC(C)c1ccc(C)c(F)c1. The molecule has 13 heavy (non-hydrogen) atoms. The fourth-order valence-corrected chi connectivity index (χ4v) is 1.34. The van der Waals surface area contributed by atoms with Gasteiger partial charge in [0, 0.05) is 6.54 Å². The Kier molecular flexibility index (Phi) is 3.43. The molecule has 1 aromatic rings. The molecule has 0 bridgehead atoms. The summed E-state index contributed by atoms with van der Waals surface area (Å²) in [6, 6.07) is 5.44. The summed E-state index contributed by atoms with van der Waals surface area (Å²) in [4.78, 5) is 0. The molecule has 0 amide bonds. The molecule has 0 aliphatic rings. The standard InChI is InChI=1S/C11H16FN/c1-8-4-5-10(6-11(8)12)9(2)7-13-3/h4-6,9,13H,7H2,1-3H3. The maximum Gasteiger partial charge on any atom is 0.126 e. The molecule has 0 saturated heterocycles. The molecule has 1 aromatic carbocycles. The number of nitrogens with one attached hydrogen (secondary N) is 1. The van der Waals surface area contributed by atoms with Gasteiger partial charge >= 0.3 is 0 Å². The van der Waals surface area contributed by atoms with Gasteiger partial charge in [-0.05, 0) is 37.1 Å². The fraction of sp³-hybridized carbons (Fsp3) is 0.455. The van der Waals surface area contributed by atoms with Crippen molar-refractivity contribution in [2.75, 3.05) is 13.6 Å². The van der Waals surface area contributed by atoms with Crippen LogP contribution in [0.5, 0.6) is 0 Å². The Hall–Kier alpha value is -0.890. The van der Waals surface area contributed by atoms with Crippen LogP contribution in [0.1, 0.15) is 24.0 Å². The topological polar surface area (TPSA) is 12.0 Å². The van der Waals surface area contributed by atoms with Crippen LogP contribution in [-0.2, 0) is 0 Å². The molecule has 2 heteroatoms. The first-order chi connectivity index (χ1) is 6.15. The molecule has 0 aliphatic heterocycles. The quantitative estimate of drug-likeness (QED) is 0.755. The van der Waals surface area contributed by atoms with Crippen LogP contribution in [0.15, 0.2) is 18.2 Å².